The monoisotopic (exact) mass is 482 g/mol. The van der Waals surface area contributed by atoms with E-state index in [0.29, 0.717) is 13.0 Å². The van der Waals surface area contributed by atoms with Gasteiger partial charge in [-0.3, -0.25) is 14.6 Å². The van der Waals surface area contributed by atoms with E-state index in [0.717, 1.165) is 19.3 Å². The number of nitro benzene ring substituents is 1. The first-order valence-corrected chi connectivity index (χ1v) is 13.9. The maximum Gasteiger partial charge on any atom is 0.379 e. The van der Waals surface area contributed by atoms with E-state index in [1.54, 1.807) is 0 Å². The minimum Gasteiger partial charge on any atom is -0.424 e. The summed E-state index contributed by atoms with van der Waals surface area (Å²) in [6.07, 6.45) is 15.2. The summed E-state index contributed by atoms with van der Waals surface area (Å²) >= 11 is 0. The number of rotatable bonds is 21. The van der Waals surface area contributed by atoms with Gasteiger partial charge in [-0.25, -0.2) is 4.57 Å². The van der Waals surface area contributed by atoms with Crippen LogP contribution in [0.15, 0.2) is 29.4 Å². The number of hydrogen-bond acceptors (Lipinski definition) is 6. The molecule has 10 heteroatoms. The first-order chi connectivity index (χ1) is 16.0. The van der Waals surface area contributed by atoms with Crippen molar-refractivity contribution in [2.24, 2.45) is 5.11 Å². The Kier molecular flexibility index (Phi) is 16.1. The molecular weight excluding hydrogens is 443 g/mol. The Bertz CT molecular complexity index is 754. The zero-order valence-corrected chi connectivity index (χ0v) is 20.8. The first kappa shape index (κ1) is 29.0. The number of non-ortho nitro benzene ring substituents is 1. The van der Waals surface area contributed by atoms with Crippen molar-refractivity contribution >= 4 is 13.3 Å². The van der Waals surface area contributed by atoms with E-state index in [1.807, 2.05) is 0 Å². The van der Waals surface area contributed by atoms with Crippen LogP contribution >= 0.6 is 7.60 Å². The fourth-order valence-electron chi connectivity index (χ4n) is 3.45. The molecule has 1 aromatic carbocycles. The summed E-state index contributed by atoms with van der Waals surface area (Å²) < 4.78 is 24.4. The maximum atomic E-state index is 13.2. The fraction of sp³-hybridized carbons (Fsp3) is 0.739. The first-order valence-electron chi connectivity index (χ1n) is 12.2. The minimum absolute atomic E-state index is 0.0713. The summed E-state index contributed by atoms with van der Waals surface area (Å²) in [5, 5.41) is 14.3. The van der Waals surface area contributed by atoms with Gasteiger partial charge in [0.15, 0.2) is 0 Å². The number of nitrogens with zero attached hydrogens (tertiary/aromatic N) is 4. The highest BCUT2D eigenvalue weighted by Gasteiger charge is 2.26. The Hall–Kier alpha value is -2.08. The van der Waals surface area contributed by atoms with E-state index < -0.39 is 12.5 Å². The van der Waals surface area contributed by atoms with Crippen LogP contribution in [-0.4, -0.2) is 24.2 Å². The molecule has 1 unspecified atom stereocenters. The van der Waals surface area contributed by atoms with Gasteiger partial charge in [0.2, 0.25) is 0 Å². The van der Waals surface area contributed by atoms with E-state index in [9.17, 15) is 14.7 Å². The molecule has 0 aromatic heterocycles. The summed E-state index contributed by atoms with van der Waals surface area (Å²) in [5.74, 6) is 0.252. The Labute approximate surface area is 197 Å². The van der Waals surface area contributed by atoms with Crippen LogP contribution in [0.25, 0.3) is 10.4 Å². The van der Waals surface area contributed by atoms with E-state index in [4.69, 9.17) is 14.6 Å². The van der Waals surface area contributed by atoms with Crippen molar-refractivity contribution in [1.29, 1.82) is 0 Å². The highest BCUT2D eigenvalue weighted by Crippen LogP contribution is 2.49. The molecule has 0 amide bonds. The average Bonchev–Trinajstić information content (AvgIpc) is 2.80. The molecule has 0 aliphatic rings. The molecule has 1 rings (SSSR count). The summed E-state index contributed by atoms with van der Waals surface area (Å²) in [7, 11) is -3.46. The zero-order chi connectivity index (χ0) is 24.2. The highest BCUT2D eigenvalue weighted by molar-refractivity contribution is 7.54. The number of azide groups is 1. The second kappa shape index (κ2) is 18.4. The predicted octanol–water partition coefficient (Wildman–Crippen LogP) is 8.58. The number of nitro groups is 1. The second-order valence-corrected chi connectivity index (χ2v) is 10.3. The Morgan fingerprint density at radius 3 is 2.00 bits per heavy atom. The second-order valence-electron chi connectivity index (χ2n) is 8.21. The summed E-state index contributed by atoms with van der Waals surface area (Å²) in [5.41, 5.74) is 8.34. The Morgan fingerprint density at radius 1 is 0.939 bits per heavy atom. The standard InChI is InChI=1S/C23H39N4O5P/c1-2-3-4-5-6-7-8-9-10-11-12-13-20-31-33(30,21-14-19-25-26-24)32-23-17-15-22(16-18-23)27(28)29/h15-18H,2-14,19-21H2,1H3. The molecule has 0 spiro atoms. The van der Waals surface area contributed by atoms with Gasteiger partial charge in [-0.15, -0.1) is 0 Å². The van der Waals surface area contributed by atoms with Crippen LogP contribution in [0.4, 0.5) is 5.69 Å². The fourth-order valence-corrected chi connectivity index (χ4v) is 5.10. The molecule has 0 heterocycles. The molecule has 1 aromatic rings. The van der Waals surface area contributed by atoms with Gasteiger partial charge in [0.25, 0.3) is 5.69 Å². The highest BCUT2D eigenvalue weighted by atomic mass is 31.2. The molecule has 0 aliphatic carbocycles. The molecule has 0 saturated carbocycles. The third-order valence-electron chi connectivity index (χ3n) is 5.33. The molecule has 186 valence electrons. The lowest BCUT2D eigenvalue weighted by Gasteiger charge is -2.19. The zero-order valence-electron chi connectivity index (χ0n) is 19.9. The summed E-state index contributed by atoms with van der Waals surface area (Å²) in [6, 6.07) is 5.41. The summed E-state index contributed by atoms with van der Waals surface area (Å²) in [4.78, 5) is 13.0. The Balaban J connectivity index is 2.31. The van der Waals surface area contributed by atoms with Gasteiger partial charge in [0.05, 0.1) is 17.7 Å². The third kappa shape index (κ3) is 14.6. The van der Waals surface area contributed by atoms with Crippen LogP contribution in [-0.2, 0) is 9.09 Å². The molecule has 0 aliphatic heterocycles. The van der Waals surface area contributed by atoms with Crippen molar-refractivity contribution in [1.82, 2.24) is 0 Å². The van der Waals surface area contributed by atoms with Crippen molar-refractivity contribution in [2.75, 3.05) is 19.3 Å². The molecule has 0 bridgehead atoms. The van der Waals surface area contributed by atoms with Gasteiger partial charge in [0, 0.05) is 23.6 Å². The van der Waals surface area contributed by atoms with Crippen LogP contribution < -0.4 is 4.52 Å². The average molecular weight is 483 g/mol. The van der Waals surface area contributed by atoms with E-state index in [1.165, 1.54) is 82.1 Å². The number of hydrogen-bond donors (Lipinski definition) is 0. The predicted molar refractivity (Wildman–Crippen MR) is 132 cm³/mol. The number of unbranched alkanes of at least 4 members (excludes halogenated alkanes) is 11. The van der Waals surface area contributed by atoms with Gasteiger partial charge in [-0.1, -0.05) is 82.7 Å². The molecular formula is C23H39N4O5P. The van der Waals surface area contributed by atoms with Crippen molar-refractivity contribution in [3.8, 4) is 5.75 Å². The topological polar surface area (TPSA) is 127 Å². The SMILES string of the molecule is CCCCCCCCCCCCCCOP(=O)(CCCN=[N+]=[N-])Oc1ccc([N+](=O)[O-])cc1. The lowest BCUT2D eigenvalue weighted by atomic mass is 10.1. The summed E-state index contributed by atoms with van der Waals surface area (Å²) in [6.45, 7) is 2.76. The smallest absolute Gasteiger partial charge is 0.379 e. The van der Waals surface area contributed by atoms with Gasteiger partial charge >= 0.3 is 7.60 Å². The molecule has 33 heavy (non-hydrogen) atoms. The van der Waals surface area contributed by atoms with Gasteiger partial charge in [-0.2, -0.15) is 0 Å². The normalized spacial score (nSPS) is 12.6. The van der Waals surface area contributed by atoms with Crippen molar-refractivity contribution in [3.05, 3.63) is 44.8 Å². The van der Waals surface area contributed by atoms with Gasteiger partial charge in [0.1, 0.15) is 5.75 Å². The van der Waals surface area contributed by atoms with E-state index >= 15 is 0 Å². The molecule has 0 fully saturated rings. The molecule has 0 radical (unpaired) electrons. The van der Waals surface area contributed by atoms with Crippen molar-refractivity contribution < 1.29 is 18.5 Å². The van der Waals surface area contributed by atoms with Crippen LogP contribution in [0.2, 0.25) is 0 Å². The largest absolute Gasteiger partial charge is 0.424 e. The molecule has 0 saturated heterocycles. The van der Waals surface area contributed by atoms with Crippen LogP contribution in [0.1, 0.15) is 90.4 Å². The molecule has 0 N–H and O–H groups in total. The van der Waals surface area contributed by atoms with Gasteiger partial charge < -0.3 is 4.52 Å². The van der Waals surface area contributed by atoms with Crippen LogP contribution in [0.3, 0.4) is 0 Å². The lowest BCUT2D eigenvalue weighted by molar-refractivity contribution is -0.384. The number of benzene rings is 1. The van der Waals surface area contributed by atoms with Crippen LogP contribution in [0.5, 0.6) is 5.75 Å². The van der Waals surface area contributed by atoms with Gasteiger partial charge in [-0.05, 0) is 30.5 Å². The quantitative estimate of drug-likeness (QED) is 0.0329. The lowest BCUT2D eigenvalue weighted by Crippen LogP contribution is -2.05. The van der Waals surface area contributed by atoms with Crippen molar-refractivity contribution in [2.45, 2.75) is 90.4 Å². The molecule has 9 nitrogen and oxygen atoms in total. The van der Waals surface area contributed by atoms with E-state index in [-0.39, 0.29) is 24.1 Å². The third-order valence-corrected chi connectivity index (χ3v) is 7.26. The minimum atomic E-state index is -3.46. The maximum absolute atomic E-state index is 13.2. The molecule has 1 atom stereocenters. The Morgan fingerprint density at radius 2 is 1.48 bits per heavy atom. The van der Waals surface area contributed by atoms with Crippen molar-refractivity contribution in [3.63, 3.8) is 0 Å². The van der Waals surface area contributed by atoms with E-state index in [2.05, 4.69) is 16.9 Å². The van der Waals surface area contributed by atoms with Crippen LogP contribution in [0, 0.1) is 10.1 Å².